The maximum absolute atomic E-state index is 13.8. The molecule has 1 aliphatic rings. The van der Waals surface area contributed by atoms with Crippen LogP contribution in [0.15, 0.2) is 53.3 Å². The molecule has 2 N–H and O–H groups in total. The third-order valence-electron chi connectivity index (χ3n) is 5.75. The minimum atomic E-state index is -0.683. The van der Waals surface area contributed by atoms with Crippen molar-refractivity contribution in [2.75, 3.05) is 16.8 Å². The molecule has 170 valence electrons. The average Bonchev–Trinajstić information content (AvgIpc) is 2.88. The number of aromatic nitrogens is 1. The highest BCUT2D eigenvalue weighted by Gasteiger charge is 2.34. The molecule has 7 nitrogen and oxygen atoms in total. The summed E-state index contributed by atoms with van der Waals surface area (Å²) in [4.78, 5) is 40.4. The number of nitrogens with zero attached hydrogens (tertiary/aromatic N) is 2. The van der Waals surface area contributed by atoms with Crippen LogP contribution in [0.4, 0.5) is 15.8 Å². The first-order chi connectivity index (χ1) is 15.7. The molecule has 0 saturated heterocycles. The molecule has 4 rings (SSSR count). The van der Waals surface area contributed by atoms with Crippen molar-refractivity contribution in [2.24, 2.45) is 7.05 Å². The average molecular weight is 470 g/mol. The van der Waals surface area contributed by atoms with Gasteiger partial charge in [-0.25, -0.2) is 4.39 Å². The first-order valence-corrected chi connectivity index (χ1v) is 10.6. The summed E-state index contributed by atoms with van der Waals surface area (Å²) in [5.74, 6) is -2.19. The number of pyridine rings is 1. The number of fused-ring (bicyclic) bond motifs is 3. The number of aliphatic hydroxyl groups is 1. The topological polar surface area (TPSA) is 91.6 Å². The number of hydrogen-bond donors (Lipinski definition) is 2. The molecule has 1 unspecified atom stereocenters. The monoisotopic (exact) mass is 469 g/mol. The maximum atomic E-state index is 13.8. The number of aliphatic hydroxyl groups excluding tert-OH is 1. The molecule has 0 spiro atoms. The van der Waals surface area contributed by atoms with Crippen LogP contribution in [-0.4, -0.2) is 28.0 Å². The van der Waals surface area contributed by atoms with Gasteiger partial charge in [-0.1, -0.05) is 35.9 Å². The van der Waals surface area contributed by atoms with Gasteiger partial charge >= 0.3 is 0 Å². The number of hydrogen-bond acceptors (Lipinski definition) is 4. The van der Waals surface area contributed by atoms with E-state index in [4.69, 9.17) is 11.6 Å². The van der Waals surface area contributed by atoms with Crippen molar-refractivity contribution in [1.29, 1.82) is 0 Å². The molecule has 2 amide bonds. The van der Waals surface area contributed by atoms with Gasteiger partial charge < -0.3 is 19.9 Å². The fourth-order valence-electron chi connectivity index (χ4n) is 4.08. The van der Waals surface area contributed by atoms with Crippen LogP contribution >= 0.6 is 11.6 Å². The third kappa shape index (κ3) is 4.03. The van der Waals surface area contributed by atoms with Crippen molar-refractivity contribution in [2.45, 2.75) is 19.4 Å². The Morgan fingerprint density at radius 3 is 2.61 bits per heavy atom. The Morgan fingerprint density at radius 1 is 1.18 bits per heavy atom. The highest BCUT2D eigenvalue weighted by molar-refractivity contribution is 6.30. The lowest BCUT2D eigenvalue weighted by molar-refractivity contribution is -0.122. The van der Waals surface area contributed by atoms with Crippen LogP contribution in [0.2, 0.25) is 5.02 Å². The van der Waals surface area contributed by atoms with Crippen LogP contribution in [0.3, 0.4) is 0 Å². The van der Waals surface area contributed by atoms with Gasteiger partial charge in [0.1, 0.15) is 12.4 Å². The summed E-state index contributed by atoms with van der Waals surface area (Å²) >= 11 is 5.69. The SMILES string of the molecule is CC1C(=O)N(CC(=O)Nc2ccc(Cl)c(F)c2)c2cc(CO)c(=O)n(C)c2-c2ccccc21. The van der Waals surface area contributed by atoms with Crippen molar-refractivity contribution >= 4 is 34.8 Å². The van der Waals surface area contributed by atoms with Gasteiger partial charge in [0, 0.05) is 23.9 Å². The van der Waals surface area contributed by atoms with Crippen LogP contribution in [0.25, 0.3) is 11.3 Å². The second-order valence-corrected chi connectivity index (χ2v) is 8.24. The number of carbonyl (C=O) groups excluding carboxylic acids is 2. The molecular weight excluding hydrogens is 449 g/mol. The van der Waals surface area contributed by atoms with Crippen LogP contribution < -0.4 is 15.8 Å². The maximum Gasteiger partial charge on any atom is 0.256 e. The quantitative estimate of drug-likeness (QED) is 0.612. The number of benzene rings is 2. The zero-order chi connectivity index (χ0) is 23.9. The lowest BCUT2D eigenvalue weighted by atomic mass is 9.94. The minimum Gasteiger partial charge on any atom is -0.391 e. The van der Waals surface area contributed by atoms with Gasteiger partial charge in [-0.3, -0.25) is 14.4 Å². The molecule has 9 heteroatoms. The van der Waals surface area contributed by atoms with E-state index in [9.17, 15) is 23.9 Å². The van der Waals surface area contributed by atoms with Crippen LogP contribution in [-0.2, 0) is 23.2 Å². The van der Waals surface area contributed by atoms with E-state index in [1.165, 1.54) is 27.7 Å². The fraction of sp³-hybridized carbons (Fsp3) is 0.208. The molecular formula is C24H21ClFN3O4. The summed E-state index contributed by atoms with van der Waals surface area (Å²) in [5.41, 5.74) is 2.11. The zero-order valence-corrected chi connectivity index (χ0v) is 18.7. The number of amides is 2. The first kappa shape index (κ1) is 22.7. The molecule has 33 heavy (non-hydrogen) atoms. The number of carbonyl (C=O) groups is 2. The molecule has 0 radical (unpaired) electrons. The minimum absolute atomic E-state index is 0.0753. The van der Waals surface area contributed by atoms with E-state index in [0.717, 1.165) is 11.6 Å². The van der Waals surface area contributed by atoms with Gasteiger partial charge in [-0.05, 0) is 36.8 Å². The Hall–Kier alpha value is -3.49. The van der Waals surface area contributed by atoms with Gasteiger partial charge in [0.25, 0.3) is 5.56 Å². The van der Waals surface area contributed by atoms with Crippen molar-refractivity contribution in [3.8, 4) is 11.3 Å². The molecule has 2 aromatic carbocycles. The Bertz CT molecular complexity index is 1340. The van der Waals surface area contributed by atoms with Crippen LogP contribution in [0.5, 0.6) is 0 Å². The van der Waals surface area contributed by atoms with E-state index in [2.05, 4.69) is 5.32 Å². The number of nitrogens with one attached hydrogen (secondary N) is 1. The normalized spacial score (nSPS) is 15.0. The molecule has 1 aromatic heterocycles. The molecule has 2 heterocycles. The second kappa shape index (κ2) is 8.80. The smallest absolute Gasteiger partial charge is 0.256 e. The molecule has 1 atom stereocenters. The largest absolute Gasteiger partial charge is 0.391 e. The summed E-state index contributed by atoms with van der Waals surface area (Å²) in [5, 5.41) is 12.2. The van der Waals surface area contributed by atoms with Crippen molar-refractivity contribution in [1.82, 2.24) is 4.57 Å². The predicted molar refractivity (Wildman–Crippen MR) is 124 cm³/mol. The molecule has 0 fully saturated rings. The van der Waals surface area contributed by atoms with E-state index < -0.39 is 29.8 Å². The van der Waals surface area contributed by atoms with Crippen molar-refractivity contribution in [3.05, 3.63) is 80.9 Å². The van der Waals surface area contributed by atoms with E-state index in [0.29, 0.717) is 16.9 Å². The van der Waals surface area contributed by atoms with Gasteiger partial charge in [0.05, 0.1) is 28.9 Å². The summed E-state index contributed by atoms with van der Waals surface area (Å²) in [7, 11) is 1.56. The highest BCUT2D eigenvalue weighted by Crippen LogP contribution is 2.40. The van der Waals surface area contributed by atoms with Crippen LogP contribution in [0, 0.1) is 5.82 Å². The Labute approximate surface area is 194 Å². The van der Waals surface area contributed by atoms with E-state index in [1.807, 2.05) is 18.2 Å². The van der Waals surface area contributed by atoms with E-state index in [1.54, 1.807) is 20.0 Å². The Balaban J connectivity index is 1.81. The zero-order valence-electron chi connectivity index (χ0n) is 17.9. The lowest BCUT2D eigenvalue weighted by Gasteiger charge is -2.25. The second-order valence-electron chi connectivity index (χ2n) is 7.84. The summed E-state index contributed by atoms with van der Waals surface area (Å²) in [6.45, 7) is 0.838. The standard InChI is InChI=1S/C24H21ClFN3O4/c1-13-16-5-3-4-6-17(16)22-20(9-14(12-30)24(33)28(22)2)29(23(13)32)11-21(31)27-15-7-8-18(25)19(26)10-15/h3-10,13,30H,11-12H2,1-2H3,(H,27,31). The molecule has 1 aliphatic heterocycles. The van der Waals surface area contributed by atoms with E-state index in [-0.39, 0.29) is 28.7 Å². The highest BCUT2D eigenvalue weighted by atomic mass is 35.5. The van der Waals surface area contributed by atoms with Gasteiger partial charge in [0.15, 0.2) is 0 Å². The van der Waals surface area contributed by atoms with Crippen molar-refractivity contribution in [3.63, 3.8) is 0 Å². The predicted octanol–water partition coefficient (Wildman–Crippen LogP) is 3.43. The number of halogens is 2. The number of rotatable bonds is 4. The van der Waals surface area contributed by atoms with Crippen LogP contribution in [0.1, 0.15) is 24.0 Å². The summed E-state index contributed by atoms with van der Waals surface area (Å²) in [6, 6.07) is 12.5. The molecule has 0 saturated carbocycles. The van der Waals surface area contributed by atoms with Crippen molar-refractivity contribution < 1.29 is 19.1 Å². The Kier molecular flexibility index (Phi) is 6.05. The third-order valence-corrected chi connectivity index (χ3v) is 6.06. The molecule has 3 aromatic rings. The van der Waals surface area contributed by atoms with Gasteiger partial charge in [-0.2, -0.15) is 0 Å². The lowest BCUT2D eigenvalue weighted by Crippen LogP contribution is -2.40. The summed E-state index contributed by atoms with van der Waals surface area (Å²) < 4.78 is 15.1. The Morgan fingerprint density at radius 2 is 1.91 bits per heavy atom. The molecule has 0 bridgehead atoms. The summed E-state index contributed by atoms with van der Waals surface area (Å²) in [6.07, 6.45) is 0. The van der Waals surface area contributed by atoms with Gasteiger partial charge in [0.2, 0.25) is 11.8 Å². The van der Waals surface area contributed by atoms with Gasteiger partial charge in [-0.15, -0.1) is 0 Å². The number of anilines is 2. The first-order valence-electron chi connectivity index (χ1n) is 10.2. The fourth-order valence-corrected chi connectivity index (χ4v) is 4.20. The molecule has 0 aliphatic carbocycles. The van der Waals surface area contributed by atoms with E-state index >= 15 is 0 Å².